The minimum Gasteiger partial charge on any atom is -0.466 e. The van der Waals surface area contributed by atoms with Gasteiger partial charge in [-0.2, -0.15) is 0 Å². The number of ether oxygens (including phenoxy) is 1. The maximum Gasteiger partial charge on any atom is 0.331 e. The van der Waals surface area contributed by atoms with Crippen LogP contribution < -0.4 is 5.32 Å². The number of nitrogens with one attached hydrogen (secondary N) is 1. The second-order valence-electron chi connectivity index (χ2n) is 3.76. The molecule has 0 bridgehead atoms. The van der Waals surface area contributed by atoms with Gasteiger partial charge in [0.25, 0.3) is 0 Å². The molecule has 0 aliphatic heterocycles. The molecule has 0 aromatic carbocycles. The molecule has 0 spiro atoms. The quantitative estimate of drug-likeness (QED) is 0.523. The molecule has 1 N–H and O–H groups in total. The number of methoxy groups -OCH3 is 1. The zero-order valence-electron chi connectivity index (χ0n) is 8.89. The summed E-state index contributed by atoms with van der Waals surface area (Å²) in [5.74, 6) is -0.332. The van der Waals surface area contributed by atoms with Crippen molar-refractivity contribution in [1.82, 2.24) is 5.32 Å². The highest BCUT2D eigenvalue weighted by molar-refractivity contribution is 5.81. The summed E-state index contributed by atoms with van der Waals surface area (Å²) in [6.07, 6.45) is 4.11. The molecule has 3 nitrogen and oxygen atoms in total. The lowest BCUT2D eigenvalue weighted by Crippen LogP contribution is -2.25. The summed E-state index contributed by atoms with van der Waals surface area (Å²) in [6.45, 7) is 7.35. The first kappa shape index (κ1) is 12.0. The van der Waals surface area contributed by atoms with Crippen LogP contribution in [-0.4, -0.2) is 19.6 Å². The number of carbonyl (C=O) groups excluding carboxylic acids is 1. The summed E-state index contributed by atoms with van der Waals surface area (Å²) in [5.41, 5.74) is 0.264. The standard InChI is InChI=1S/C10H19NO2/c1-5-10(2,3)8-11-7-6-9(12)13-4/h6-7,11H,5,8H2,1-4H3/b7-6+. The molecule has 3 heteroatoms. The normalized spacial score (nSPS) is 11.7. The molecular weight excluding hydrogens is 166 g/mol. The van der Waals surface area contributed by atoms with Crippen molar-refractivity contribution in [2.24, 2.45) is 5.41 Å². The van der Waals surface area contributed by atoms with Gasteiger partial charge in [0.05, 0.1) is 7.11 Å². The molecule has 0 saturated heterocycles. The highest BCUT2D eigenvalue weighted by Gasteiger charge is 2.12. The summed E-state index contributed by atoms with van der Waals surface area (Å²) < 4.78 is 4.44. The van der Waals surface area contributed by atoms with Crippen molar-refractivity contribution in [2.45, 2.75) is 27.2 Å². The largest absolute Gasteiger partial charge is 0.466 e. The lowest BCUT2D eigenvalue weighted by molar-refractivity contribution is -0.134. The predicted molar refractivity (Wildman–Crippen MR) is 53.2 cm³/mol. The number of hydrogen-bond acceptors (Lipinski definition) is 3. The molecule has 0 amide bonds. The van der Waals surface area contributed by atoms with Crippen LogP contribution >= 0.6 is 0 Å². The molecule has 13 heavy (non-hydrogen) atoms. The van der Waals surface area contributed by atoms with Gasteiger partial charge in [0.2, 0.25) is 0 Å². The fourth-order valence-electron chi connectivity index (χ4n) is 0.655. The van der Waals surface area contributed by atoms with Crippen LogP contribution in [0.5, 0.6) is 0 Å². The molecule has 0 aromatic rings. The van der Waals surface area contributed by atoms with Gasteiger partial charge in [0.15, 0.2) is 0 Å². The van der Waals surface area contributed by atoms with Gasteiger partial charge in [-0.1, -0.05) is 20.8 Å². The van der Waals surface area contributed by atoms with Crippen LogP contribution in [0.1, 0.15) is 27.2 Å². The Morgan fingerprint density at radius 3 is 2.62 bits per heavy atom. The van der Waals surface area contributed by atoms with E-state index in [1.54, 1.807) is 6.20 Å². The van der Waals surface area contributed by atoms with Gasteiger partial charge in [-0.15, -0.1) is 0 Å². The Morgan fingerprint density at radius 2 is 2.15 bits per heavy atom. The van der Waals surface area contributed by atoms with Gasteiger partial charge in [0.1, 0.15) is 0 Å². The van der Waals surface area contributed by atoms with E-state index in [1.807, 2.05) is 0 Å². The number of hydrogen-bond donors (Lipinski definition) is 1. The SMILES string of the molecule is CCC(C)(C)CN/C=C/C(=O)OC. The van der Waals surface area contributed by atoms with Crippen molar-refractivity contribution >= 4 is 5.97 Å². The topological polar surface area (TPSA) is 38.3 Å². The third-order valence-electron chi connectivity index (χ3n) is 2.08. The van der Waals surface area contributed by atoms with Crippen LogP contribution in [0.3, 0.4) is 0 Å². The minimum absolute atomic E-state index is 0.264. The van der Waals surface area contributed by atoms with Gasteiger partial charge >= 0.3 is 5.97 Å². The minimum atomic E-state index is -0.332. The van der Waals surface area contributed by atoms with Crippen molar-refractivity contribution in [3.63, 3.8) is 0 Å². The molecule has 0 heterocycles. The predicted octanol–water partition coefficient (Wildman–Crippen LogP) is 1.70. The van der Waals surface area contributed by atoms with Gasteiger partial charge < -0.3 is 10.1 Å². The van der Waals surface area contributed by atoms with E-state index in [9.17, 15) is 4.79 Å². The first-order valence-electron chi connectivity index (χ1n) is 4.49. The molecule has 0 unspecified atom stereocenters. The number of esters is 1. The van der Waals surface area contributed by atoms with E-state index in [2.05, 4.69) is 30.8 Å². The molecule has 0 saturated carbocycles. The second kappa shape index (κ2) is 5.62. The third-order valence-corrected chi connectivity index (χ3v) is 2.08. The number of rotatable bonds is 5. The van der Waals surface area contributed by atoms with Crippen molar-refractivity contribution in [1.29, 1.82) is 0 Å². The second-order valence-corrected chi connectivity index (χ2v) is 3.76. The molecule has 0 aromatic heterocycles. The Morgan fingerprint density at radius 1 is 1.54 bits per heavy atom. The molecule has 0 aliphatic carbocycles. The van der Waals surface area contributed by atoms with Gasteiger partial charge in [-0.3, -0.25) is 0 Å². The Kier molecular flexibility index (Phi) is 5.19. The first-order valence-corrected chi connectivity index (χ1v) is 4.49. The molecule has 0 atom stereocenters. The van der Waals surface area contributed by atoms with Crippen LogP contribution in [0.4, 0.5) is 0 Å². The van der Waals surface area contributed by atoms with Crippen molar-refractivity contribution < 1.29 is 9.53 Å². The monoisotopic (exact) mass is 185 g/mol. The maximum atomic E-state index is 10.7. The molecule has 0 rings (SSSR count). The average molecular weight is 185 g/mol. The summed E-state index contributed by atoms with van der Waals surface area (Å²) >= 11 is 0. The van der Waals surface area contributed by atoms with Gasteiger partial charge in [-0.25, -0.2) is 4.79 Å². The first-order chi connectivity index (χ1) is 6.02. The lowest BCUT2D eigenvalue weighted by Gasteiger charge is -2.21. The fraction of sp³-hybridized carbons (Fsp3) is 0.700. The fourth-order valence-corrected chi connectivity index (χ4v) is 0.655. The molecule has 0 radical (unpaired) electrons. The van der Waals surface area contributed by atoms with E-state index >= 15 is 0 Å². The van der Waals surface area contributed by atoms with E-state index in [0.29, 0.717) is 0 Å². The van der Waals surface area contributed by atoms with Crippen molar-refractivity contribution in [3.05, 3.63) is 12.3 Å². The molecule has 76 valence electrons. The van der Waals surface area contributed by atoms with Gasteiger partial charge in [0, 0.05) is 18.8 Å². The van der Waals surface area contributed by atoms with Crippen LogP contribution in [0, 0.1) is 5.41 Å². The summed E-state index contributed by atoms with van der Waals surface area (Å²) in [6, 6.07) is 0. The van der Waals surface area contributed by atoms with Crippen molar-refractivity contribution in [2.75, 3.05) is 13.7 Å². The highest BCUT2D eigenvalue weighted by atomic mass is 16.5. The lowest BCUT2D eigenvalue weighted by atomic mass is 9.90. The summed E-state index contributed by atoms with van der Waals surface area (Å²) in [5, 5.41) is 3.06. The smallest absolute Gasteiger partial charge is 0.331 e. The molecular formula is C10H19NO2. The Balaban J connectivity index is 3.67. The van der Waals surface area contributed by atoms with Crippen LogP contribution in [-0.2, 0) is 9.53 Å². The third kappa shape index (κ3) is 6.20. The highest BCUT2D eigenvalue weighted by Crippen LogP contribution is 2.17. The zero-order valence-corrected chi connectivity index (χ0v) is 8.89. The van der Waals surface area contributed by atoms with E-state index in [-0.39, 0.29) is 11.4 Å². The van der Waals surface area contributed by atoms with Crippen LogP contribution in [0.25, 0.3) is 0 Å². The Labute approximate surface area is 80.2 Å². The van der Waals surface area contributed by atoms with Crippen LogP contribution in [0.2, 0.25) is 0 Å². The van der Waals surface area contributed by atoms with E-state index in [1.165, 1.54) is 13.2 Å². The Hall–Kier alpha value is -0.990. The summed E-state index contributed by atoms with van der Waals surface area (Å²) in [7, 11) is 1.36. The zero-order chi connectivity index (χ0) is 10.3. The van der Waals surface area contributed by atoms with Gasteiger partial charge in [-0.05, 0) is 11.8 Å². The van der Waals surface area contributed by atoms with Crippen molar-refractivity contribution in [3.8, 4) is 0 Å². The average Bonchev–Trinajstić information content (AvgIpc) is 2.12. The summed E-state index contributed by atoms with van der Waals surface area (Å²) in [4.78, 5) is 10.7. The maximum absolute atomic E-state index is 10.7. The molecule has 0 fully saturated rings. The number of carbonyl (C=O) groups is 1. The Bertz CT molecular complexity index is 185. The van der Waals surface area contributed by atoms with Crippen LogP contribution in [0.15, 0.2) is 12.3 Å². The molecule has 0 aliphatic rings. The van der Waals surface area contributed by atoms with E-state index < -0.39 is 0 Å². The van der Waals surface area contributed by atoms with E-state index in [0.717, 1.165) is 13.0 Å². The van der Waals surface area contributed by atoms with E-state index in [4.69, 9.17) is 0 Å².